The Bertz CT molecular complexity index is 647. The van der Waals surface area contributed by atoms with Crippen molar-refractivity contribution in [3.8, 4) is 11.5 Å². The zero-order valence-electron chi connectivity index (χ0n) is 12.4. The average molecular weight is 320 g/mol. The maximum Gasteiger partial charge on any atom is 0.221 e. The minimum Gasteiger partial charge on any atom is -0.496 e. The van der Waals surface area contributed by atoms with Crippen LogP contribution in [0, 0.1) is 0 Å². The number of ether oxygens (including phenoxy) is 2. The lowest BCUT2D eigenvalue weighted by Crippen LogP contribution is -2.11. The van der Waals surface area contributed by atoms with E-state index < -0.39 is 8.03 Å². The minimum absolute atomic E-state index is 0.287. The molecule has 0 saturated heterocycles. The number of rotatable bonds is 7. The number of carbonyl (C=O) groups is 1. The summed E-state index contributed by atoms with van der Waals surface area (Å²) >= 11 is 0. The van der Waals surface area contributed by atoms with Crippen LogP contribution in [0.25, 0.3) is 0 Å². The van der Waals surface area contributed by atoms with E-state index in [4.69, 9.17) is 14.0 Å². The van der Waals surface area contributed by atoms with E-state index in [-0.39, 0.29) is 18.0 Å². The first-order chi connectivity index (χ1) is 10.7. The molecule has 2 rings (SSSR count). The van der Waals surface area contributed by atoms with Crippen LogP contribution >= 0.6 is 8.03 Å². The number of carbonyl (C=O) groups excluding carboxylic acids is 1. The molecule has 0 spiro atoms. The van der Waals surface area contributed by atoms with Gasteiger partial charge in [-0.2, -0.15) is 0 Å². The summed E-state index contributed by atoms with van der Waals surface area (Å²) in [6, 6.07) is 13.8. The van der Waals surface area contributed by atoms with Gasteiger partial charge >= 0.3 is 0 Å². The van der Waals surface area contributed by atoms with Crippen LogP contribution in [0.3, 0.4) is 0 Å². The lowest BCUT2D eigenvalue weighted by atomic mass is 10.1. The van der Waals surface area contributed by atoms with Gasteiger partial charge in [0.25, 0.3) is 0 Å². The van der Waals surface area contributed by atoms with E-state index in [1.165, 1.54) is 14.2 Å². The molecule has 0 radical (unpaired) electrons. The van der Waals surface area contributed by atoms with Gasteiger partial charge in [-0.05, 0) is 24.3 Å². The van der Waals surface area contributed by atoms with Crippen molar-refractivity contribution in [3.05, 3.63) is 54.1 Å². The van der Waals surface area contributed by atoms with Gasteiger partial charge in [0.2, 0.25) is 8.03 Å². The van der Waals surface area contributed by atoms with Gasteiger partial charge in [-0.15, -0.1) is 0 Å². The van der Waals surface area contributed by atoms with Gasteiger partial charge in [-0.25, -0.2) is 0 Å². The normalized spacial score (nSPS) is 11.7. The maximum absolute atomic E-state index is 12.3. The molecular weight excluding hydrogens is 303 g/mol. The molecule has 6 heteroatoms. The molecule has 0 fully saturated rings. The van der Waals surface area contributed by atoms with Gasteiger partial charge in [-0.3, -0.25) is 9.36 Å². The molecule has 0 aromatic heterocycles. The fourth-order valence-corrected chi connectivity index (χ4v) is 2.88. The van der Waals surface area contributed by atoms with Gasteiger partial charge in [0.15, 0.2) is 5.78 Å². The number of hydrogen-bond acceptors (Lipinski definition) is 5. The molecule has 0 heterocycles. The average Bonchev–Trinajstić information content (AvgIpc) is 2.59. The van der Waals surface area contributed by atoms with Gasteiger partial charge < -0.3 is 14.0 Å². The summed E-state index contributed by atoms with van der Waals surface area (Å²) in [7, 11) is 0.483. The zero-order valence-corrected chi connectivity index (χ0v) is 13.4. The quantitative estimate of drug-likeness (QED) is 0.580. The van der Waals surface area contributed by atoms with Crippen molar-refractivity contribution in [1.29, 1.82) is 0 Å². The van der Waals surface area contributed by atoms with Crippen molar-refractivity contribution >= 4 is 19.1 Å². The molecule has 0 N–H and O–H groups in total. The van der Waals surface area contributed by atoms with Crippen LogP contribution in [0.15, 0.2) is 48.5 Å². The van der Waals surface area contributed by atoms with Crippen LogP contribution in [0.1, 0.15) is 10.4 Å². The van der Waals surface area contributed by atoms with Gasteiger partial charge in [0.05, 0.1) is 14.2 Å². The van der Waals surface area contributed by atoms with E-state index in [2.05, 4.69) is 0 Å². The molecule has 0 aliphatic carbocycles. The molecule has 1 atom stereocenters. The molecule has 0 bridgehead atoms. The third-order valence-corrected chi connectivity index (χ3v) is 4.26. The fraction of sp³-hybridized carbons (Fsp3) is 0.188. The van der Waals surface area contributed by atoms with Gasteiger partial charge in [0, 0.05) is 5.30 Å². The maximum atomic E-state index is 12.3. The highest BCUT2D eigenvalue weighted by molar-refractivity contribution is 7.48. The van der Waals surface area contributed by atoms with Crippen LogP contribution in [-0.2, 0) is 9.09 Å². The number of Topliss-reactive ketones (excluding diaryl/α,β-unsaturated/α-hetero) is 1. The van der Waals surface area contributed by atoms with Crippen molar-refractivity contribution in [1.82, 2.24) is 0 Å². The van der Waals surface area contributed by atoms with E-state index in [0.717, 1.165) is 0 Å². The van der Waals surface area contributed by atoms with E-state index in [1.54, 1.807) is 42.5 Å². The fourth-order valence-electron chi connectivity index (χ4n) is 1.99. The largest absolute Gasteiger partial charge is 0.496 e. The Kier molecular flexibility index (Phi) is 5.75. The Morgan fingerprint density at radius 1 is 0.955 bits per heavy atom. The predicted molar refractivity (Wildman–Crippen MR) is 84.9 cm³/mol. The number of hydrogen-bond donors (Lipinski definition) is 0. The van der Waals surface area contributed by atoms with E-state index in [9.17, 15) is 9.36 Å². The standard InChI is InChI=1S/C16H17O5P/c1-19-14-9-6-10-15(20-2)16(14)13(17)11-21-22(18)12-7-4-3-5-8-12/h3-10,22H,11H2,1-2H3. The van der Waals surface area contributed by atoms with Crippen LogP contribution < -0.4 is 14.8 Å². The first-order valence-corrected chi connectivity index (χ1v) is 7.95. The SMILES string of the molecule is COc1cccc(OC)c1C(=O)CO[PH](=O)c1ccccc1. The lowest BCUT2D eigenvalue weighted by molar-refractivity contribution is 0.0921. The smallest absolute Gasteiger partial charge is 0.221 e. The molecule has 0 aliphatic heterocycles. The second-order valence-electron chi connectivity index (χ2n) is 4.40. The topological polar surface area (TPSA) is 61.8 Å². The zero-order chi connectivity index (χ0) is 15.9. The molecule has 5 nitrogen and oxygen atoms in total. The molecule has 2 aromatic rings. The van der Waals surface area contributed by atoms with E-state index in [0.29, 0.717) is 16.8 Å². The molecule has 0 saturated carbocycles. The second-order valence-corrected chi connectivity index (χ2v) is 5.84. The number of ketones is 1. The van der Waals surface area contributed by atoms with Crippen molar-refractivity contribution < 1.29 is 23.4 Å². The summed E-state index contributed by atoms with van der Waals surface area (Å²) in [6.45, 7) is -0.302. The van der Waals surface area contributed by atoms with Crippen molar-refractivity contribution in [2.24, 2.45) is 0 Å². The number of methoxy groups -OCH3 is 2. The van der Waals surface area contributed by atoms with Crippen LogP contribution in [0.4, 0.5) is 0 Å². The van der Waals surface area contributed by atoms with Crippen molar-refractivity contribution in [2.75, 3.05) is 20.8 Å². The summed E-state index contributed by atoms with van der Waals surface area (Å²) < 4.78 is 27.6. The first kappa shape index (κ1) is 16.3. The molecule has 2 aromatic carbocycles. The van der Waals surface area contributed by atoms with Gasteiger partial charge in [0.1, 0.15) is 23.7 Å². The van der Waals surface area contributed by atoms with Crippen LogP contribution in [0.2, 0.25) is 0 Å². The third-order valence-electron chi connectivity index (χ3n) is 3.05. The highest BCUT2D eigenvalue weighted by Gasteiger charge is 2.19. The summed E-state index contributed by atoms with van der Waals surface area (Å²) in [5, 5.41) is 0.576. The summed E-state index contributed by atoms with van der Waals surface area (Å²) in [6.07, 6.45) is 0. The highest BCUT2D eigenvalue weighted by atomic mass is 31.1. The van der Waals surface area contributed by atoms with E-state index >= 15 is 0 Å². The Morgan fingerprint density at radius 2 is 1.55 bits per heavy atom. The highest BCUT2D eigenvalue weighted by Crippen LogP contribution is 2.30. The molecule has 0 aliphatic rings. The Morgan fingerprint density at radius 3 is 2.09 bits per heavy atom. The second kappa shape index (κ2) is 7.78. The lowest BCUT2D eigenvalue weighted by Gasteiger charge is -2.12. The monoisotopic (exact) mass is 320 g/mol. The minimum atomic E-state index is -2.46. The Hall–Kier alpha value is -2.10. The van der Waals surface area contributed by atoms with E-state index in [1.807, 2.05) is 6.07 Å². The number of benzene rings is 2. The summed E-state index contributed by atoms with van der Waals surface area (Å²) in [5.74, 6) is 0.447. The van der Waals surface area contributed by atoms with Crippen LogP contribution in [-0.4, -0.2) is 26.6 Å². The first-order valence-electron chi connectivity index (χ1n) is 6.63. The predicted octanol–water partition coefficient (Wildman–Crippen LogP) is 2.70. The Labute approximate surface area is 129 Å². The van der Waals surface area contributed by atoms with Gasteiger partial charge in [-0.1, -0.05) is 24.3 Å². The van der Waals surface area contributed by atoms with Crippen LogP contribution in [0.5, 0.6) is 11.5 Å². The Balaban J connectivity index is 2.12. The third kappa shape index (κ3) is 3.75. The molecule has 22 heavy (non-hydrogen) atoms. The molecule has 0 amide bonds. The van der Waals surface area contributed by atoms with Crippen molar-refractivity contribution in [3.63, 3.8) is 0 Å². The molecular formula is C16H17O5P. The summed E-state index contributed by atoms with van der Waals surface area (Å²) in [4.78, 5) is 12.3. The molecule has 116 valence electrons. The summed E-state index contributed by atoms with van der Waals surface area (Å²) in [5.41, 5.74) is 0.287. The molecule has 1 unspecified atom stereocenters. The van der Waals surface area contributed by atoms with Crippen molar-refractivity contribution in [2.45, 2.75) is 0 Å².